The standard InChI is InChI=1S/C22H24N2O2/c1-17-16-19-11-5-6-12-20(19)24(22(17)26)15-13-21(25)23-14-7-10-18-8-3-2-4-9-18/h2-6,8-9,11-12,16H,7,10,13-15H2,1H3,(H,23,25). The second-order valence-corrected chi connectivity index (χ2v) is 6.53. The van der Waals surface area contributed by atoms with Crippen molar-refractivity contribution in [3.8, 4) is 0 Å². The molecule has 3 aromatic rings. The highest BCUT2D eigenvalue weighted by Crippen LogP contribution is 2.13. The summed E-state index contributed by atoms with van der Waals surface area (Å²) in [4.78, 5) is 24.6. The first-order valence-corrected chi connectivity index (χ1v) is 9.05. The van der Waals surface area contributed by atoms with Crippen molar-refractivity contribution in [3.63, 3.8) is 0 Å². The van der Waals surface area contributed by atoms with Gasteiger partial charge in [0, 0.05) is 25.1 Å². The van der Waals surface area contributed by atoms with Gasteiger partial charge in [-0.3, -0.25) is 9.59 Å². The van der Waals surface area contributed by atoms with Crippen LogP contribution < -0.4 is 10.9 Å². The van der Waals surface area contributed by atoms with Gasteiger partial charge in [0.15, 0.2) is 0 Å². The largest absolute Gasteiger partial charge is 0.356 e. The molecule has 0 atom stereocenters. The number of hydrogen-bond acceptors (Lipinski definition) is 2. The van der Waals surface area contributed by atoms with Gasteiger partial charge in [-0.1, -0.05) is 48.5 Å². The van der Waals surface area contributed by atoms with E-state index in [1.54, 1.807) is 4.57 Å². The highest BCUT2D eigenvalue weighted by atomic mass is 16.1. The van der Waals surface area contributed by atoms with Crippen molar-refractivity contribution in [1.29, 1.82) is 0 Å². The number of rotatable bonds is 7. The maximum absolute atomic E-state index is 12.4. The van der Waals surface area contributed by atoms with Crippen LogP contribution in [0.4, 0.5) is 0 Å². The van der Waals surface area contributed by atoms with E-state index in [9.17, 15) is 9.59 Å². The zero-order chi connectivity index (χ0) is 18.4. The molecule has 0 aliphatic rings. The molecule has 0 bridgehead atoms. The van der Waals surface area contributed by atoms with Crippen LogP contribution in [0.1, 0.15) is 24.0 Å². The molecule has 1 aromatic heterocycles. The molecule has 1 heterocycles. The van der Waals surface area contributed by atoms with Crippen LogP contribution in [0.2, 0.25) is 0 Å². The van der Waals surface area contributed by atoms with Crippen LogP contribution >= 0.6 is 0 Å². The number of amides is 1. The molecule has 2 aromatic carbocycles. The molecule has 0 aliphatic heterocycles. The fourth-order valence-corrected chi connectivity index (χ4v) is 3.16. The Hall–Kier alpha value is -2.88. The second kappa shape index (κ2) is 8.48. The lowest BCUT2D eigenvalue weighted by atomic mass is 10.1. The Morgan fingerprint density at radius 1 is 1.04 bits per heavy atom. The van der Waals surface area contributed by atoms with E-state index in [2.05, 4.69) is 17.4 Å². The van der Waals surface area contributed by atoms with Gasteiger partial charge in [-0.15, -0.1) is 0 Å². The molecule has 0 spiro atoms. The average Bonchev–Trinajstić information content (AvgIpc) is 2.66. The number of fused-ring (bicyclic) bond motifs is 1. The van der Waals surface area contributed by atoms with Crippen molar-refractivity contribution >= 4 is 16.8 Å². The number of nitrogens with one attached hydrogen (secondary N) is 1. The number of benzene rings is 2. The van der Waals surface area contributed by atoms with Crippen molar-refractivity contribution < 1.29 is 4.79 Å². The molecule has 4 nitrogen and oxygen atoms in total. The number of aryl methyl sites for hydroxylation is 3. The quantitative estimate of drug-likeness (QED) is 0.665. The summed E-state index contributed by atoms with van der Waals surface area (Å²) >= 11 is 0. The van der Waals surface area contributed by atoms with E-state index in [4.69, 9.17) is 0 Å². The minimum Gasteiger partial charge on any atom is -0.356 e. The number of para-hydroxylation sites is 1. The number of hydrogen-bond donors (Lipinski definition) is 1. The molecule has 3 rings (SSSR count). The molecule has 26 heavy (non-hydrogen) atoms. The van der Waals surface area contributed by atoms with Crippen LogP contribution in [-0.2, 0) is 17.8 Å². The van der Waals surface area contributed by atoms with E-state index in [0.29, 0.717) is 25.1 Å². The fraction of sp³-hybridized carbons (Fsp3) is 0.273. The molecule has 4 heteroatoms. The van der Waals surface area contributed by atoms with E-state index < -0.39 is 0 Å². The van der Waals surface area contributed by atoms with E-state index >= 15 is 0 Å². The monoisotopic (exact) mass is 348 g/mol. The van der Waals surface area contributed by atoms with E-state index in [1.165, 1.54) is 5.56 Å². The number of nitrogens with zero attached hydrogens (tertiary/aromatic N) is 1. The summed E-state index contributed by atoms with van der Waals surface area (Å²) in [6, 6.07) is 19.9. The summed E-state index contributed by atoms with van der Waals surface area (Å²) in [6.07, 6.45) is 2.16. The van der Waals surface area contributed by atoms with Crippen LogP contribution in [0.15, 0.2) is 65.5 Å². The van der Waals surface area contributed by atoms with Crippen LogP contribution in [0.3, 0.4) is 0 Å². The van der Waals surface area contributed by atoms with Gasteiger partial charge in [-0.05, 0) is 42.8 Å². The summed E-state index contributed by atoms with van der Waals surface area (Å²) in [5.74, 6) is -0.0180. The Morgan fingerprint density at radius 3 is 2.58 bits per heavy atom. The topological polar surface area (TPSA) is 51.1 Å². The maximum atomic E-state index is 12.4. The summed E-state index contributed by atoms with van der Waals surface area (Å²) < 4.78 is 1.70. The third kappa shape index (κ3) is 4.39. The summed E-state index contributed by atoms with van der Waals surface area (Å²) in [5, 5.41) is 3.97. The van der Waals surface area contributed by atoms with Crippen molar-refractivity contribution in [2.45, 2.75) is 32.7 Å². The van der Waals surface area contributed by atoms with Crippen molar-refractivity contribution in [3.05, 3.63) is 82.1 Å². The van der Waals surface area contributed by atoms with Gasteiger partial charge in [0.2, 0.25) is 5.91 Å². The Morgan fingerprint density at radius 2 is 1.77 bits per heavy atom. The molecule has 0 saturated heterocycles. The minimum atomic E-state index is -0.0272. The smallest absolute Gasteiger partial charge is 0.253 e. The van der Waals surface area contributed by atoms with Crippen LogP contribution in [0.5, 0.6) is 0 Å². The van der Waals surface area contributed by atoms with Gasteiger partial charge in [0.05, 0.1) is 5.52 Å². The number of pyridine rings is 1. The predicted octanol–water partition coefficient (Wildman–Crippen LogP) is 3.45. The number of carbonyl (C=O) groups excluding carboxylic acids is 1. The number of carbonyl (C=O) groups is 1. The molecule has 0 aliphatic carbocycles. The molecule has 0 fully saturated rings. The molecular weight excluding hydrogens is 324 g/mol. The number of aromatic nitrogens is 1. The zero-order valence-electron chi connectivity index (χ0n) is 15.1. The van der Waals surface area contributed by atoms with Gasteiger partial charge < -0.3 is 9.88 Å². The highest BCUT2D eigenvalue weighted by Gasteiger charge is 2.08. The Labute approximate surface area is 153 Å². The third-order valence-corrected chi connectivity index (χ3v) is 4.55. The lowest BCUT2D eigenvalue weighted by Gasteiger charge is -2.12. The molecular formula is C22H24N2O2. The van der Waals surface area contributed by atoms with Gasteiger partial charge in [0.25, 0.3) is 5.56 Å². The van der Waals surface area contributed by atoms with Gasteiger partial charge >= 0.3 is 0 Å². The average molecular weight is 348 g/mol. The first-order valence-electron chi connectivity index (χ1n) is 9.05. The zero-order valence-corrected chi connectivity index (χ0v) is 15.1. The first kappa shape index (κ1) is 17.9. The first-order chi connectivity index (χ1) is 12.6. The van der Waals surface area contributed by atoms with E-state index in [0.717, 1.165) is 23.7 Å². The van der Waals surface area contributed by atoms with Crippen molar-refractivity contribution in [1.82, 2.24) is 9.88 Å². The van der Waals surface area contributed by atoms with Gasteiger partial charge in [0.1, 0.15) is 0 Å². The van der Waals surface area contributed by atoms with E-state index in [1.807, 2.05) is 55.5 Å². The normalized spacial score (nSPS) is 10.8. The second-order valence-electron chi connectivity index (χ2n) is 6.53. The maximum Gasteiger partial charge on any atom is 0.253 e. The van der Waals surface area contributed by atoms with Gasteiger partial charge in [-0.2, -0.15) is 0 Å². The van der Waals surface area contributed by atoms with E-state index in [-0.39, 0.29) is 11.5 Å². The molecule has 134 valence electrons. The lowest BCUT2D eigenvalue weighted by Crippen LogP contribution is -2.29. The van der Waals surface area contributed by atoms with Crippen LogP contribution in [0, 0.1) is 6.92 Å². The molecule has 1 N–H and O–H groups in total. The molecule has 0 saturated carbocycles. The van der Waals surface area contributed by atoms with Crippen LogP contribution in [0.25, 0.3) is 10.9 Å². The summed E-state index contributed by atoms with van der Waals surface area (Å²) in [7, 11) is 0. The lowest BCUT2D eigenvalue weighted by molar-refractivity contribution is -0.121. The SMILES string of the molecule is Cc1cc2ccccc2n(CCC(=O)NCCCc2ccccc2)c1=O. The summed E-state index contributed by atoms with van der Waals surface area (Å²) in [6.45, 7) is 2.86. The van der Waals surface area contributed by atoms with Crippen molar-refractivity contribution in [2.24, 2.45) is 0 Å². The summed E-state index contributed by atoms with van der Waals surface area (Å²) in [5.41, 5.74) is 2.83. The Kier molecular flexibility index (Phi) is 5.84. The predicted molar refractivity (Wildman–Crippen MR) is 105 cm³/mol. The Balaban J connectivity index is 1.54. The van der Waals surface area contributed by atoms with Crippen LogP contribution in [-0.4, -0.2) is 17.0 Å². The van der Waals surface area contributed by atoms with Gasteiger partial charge in [-0.25, -0.2) is 0 Å². The molecule has 0 unspecified atom stereocenters. The Bertz CT molecular complexity index is 945. The molecule has 1 amide bonds. The minimum absolute atomic E-state index is 0.0180. The molecule has 0 radical (unpaired) electrons. The highest BCUT2D eigenvalue weighted by molar-refractivity contribution is 5.80. The van der Waals surface area contributed by atoms with Crippen molar-refractivity contribution in [2.75, 3.05) is 6.54 Å². The fourth-order valence-electron chi connectivity index (χ4n) is 3.16. The third-order valence-electron chi connectivity index (χ3n) is 4.55.